The summed E-state index contributed by atoms with van der Waals surface area (Å²) in [6, 6.07) is 10.2. The Kier molecular flexibility index (Phi) is 7.49. The zero-order chi connectivity index (χ0) is 20.0. The van der Waals surface area contributed by atoms with Crippen LogP contribution in [0.2, 0.25) is 10.0 Å². The molecule has 2 aromatic carbocycles. The Morgan fingerprint density at radius 2 is 1.85 bits per heavy atom. The Morgan fingerprint density at radius 1 is 1.15 bits per heavy atom. The summed E-state index contributed by atoms with van der Waals surface area (Å²) in [5.74, 6) is -0.0841. The SMILES string of the molecule is CCOc1ccc(S(=O)(=O)N[C@@H](C)C(=O)NCc2ccccc2Cl)cc1Cl. The summed E-state index contributed by atoms with van der Waals surface area (Å²) < 4.78 is 32.6. The van der Waals surface area contributed by atoms with Gasteiger partial charge in [-0.3, -0.25) is 4.79 Å². The fourth-order valence-corrected chi connectivity index (χ4v) is 3.98. The lowest BCUT2D eigenvalue weighted by Crippen LogP contribution is -2.44. The van der Waals surface area contributed by atoms with E-state index in [-0.39, 0.29) is 16.5 Å². The Morgan fingerprint density at radius 3 is 2.48 bits per heavy atom. The number of carbonyl (C=O) groups excluding carboxylic acids is 1. The number of carbonyl (C=O) groups is 1. The molecule has 0 aliphatic carbocycles. The van der Waals surface area contributed by atoms with Gasteiger partial charge in [-0.05, 0) is 43.7 Å². The number of ether oxygens (including phenoxy) is 1. The molecule has 2 rings (SSSR count). The van der Waals surface area contributed by atoms with Crippen molar-refractivity contribution in [3.05, 3.63) is 58.1 Å². The quantitative estimate of drug-likeness (QED) is 0.671. The summed E-state index contributed by atoms with van der Waals surface area (Å²) in [5, 5.41) is 3.35. The lowest BCUT2D eigenvalue weighted by Gasteiger charge is -2.15. The van der Waals surface area contributed by atoms with Crippen molar-refractivity contribution >= 4 is 39.1 Å². The summed E-state index contributed by atoms with van der Waals surface area (Å²) >= 11 is 12.1. The van der Waals surface area contributed by atoms with E-state index in [9.17, 15) is 13.2 Å². The fourth-order valence-electron chi connectivity index (χ4n) is 2.25. The van der Waals surface area contributed by atoms with E-state index in [2.05, 4.69) is 10.0 Å². The van der Waals surface area contributed by atoms with Crippen LogP contribution in [-0.4, -0.2) is 27.0 Å². The Labute approximate surface area is 168 Å². The van der Waals surface area contributed by atoms with Crippen molar-refractivity contribution in [1.82, 2.24) is 10.0 Å². The molecule has 0 saturated heterocycles. The molecule has 0 aliphatic rings. The van der Waals surface area contributed by atoms with E-state index in [4.69, 9.17) is 27.9 Å². The normalized spacial score (nSPS) is 12.4. The van der Waals surface area contributed by atoms with E-state index in [0.29, 0.717) is 17.4 Å². The van der Waals surface area contributed by atoms with Crippen LogP contribution in [0, 0.1) is 0 Å². The molecule has 0 aromatic heterocycles. The molecule has 2 N–H and O–H groups in total. The van der Waals surface area contributed by atoms with Crippen LogP contribution >= 0.6 is 23.2 Å². The van der Waals surface area contributed by atoms with Gasteiger partial charge in [0.2, 0.25) is 15.9 Å². The average molecular weight is 431 g/mol. The lowest BCUT2D eigenvalue weighted by atomic mass is 10.2. The third-order valence-corrected chi connectivity index (χ3v) is 5.85. The Bertz CT molecular complexity index is 919. The molecule has 0 bridgehead atoms. The van der Waals surface area contributed by atoms with Gasteiger partial charge in [-0.15, -0.1) is 0 Å². The van der Waals surface area contributed by atoms with Crippen LogP contribution in [0.15, 0.2) is 47.4 Å². The number of hydrogen-bond acceptors (Lipinski definition) is 4. The molecule has 2 aromatic rings. The van der Waals surface area contributed by atoms with Gasteiger partial charge in [0, 0.05) is 11.6 Å². The molecule has 0 radical (unpaired) electrons. The molecular formula is C18H20Cl2N2O4S. The zero-order valence-corrected chi connectivity index (χ0v) is 17.2. The molecule has 0 heterocycles. The molecule has 146 valence electrons. The van der Waals surface area contributed by atoms with Gasteiger partial charge in [-0.1, -0.05) is 41.4 Å². The monoisotopic (exact) mass is 430 g/mol. The highest BCUT2D eigenvalue weighted by Gasteiger charge is 2.23. The molecule has 6 nitrogen and oxygen atoms in total. The van der Waals surface area contributed by atoms with Crippen LogP contribution in [0.5, 0.6) is 5.75 Å². The number of amides is 1. The van der Waals surface area contributed by atoms with Crippen molar-refractivity contribution in [3.8, 4) is 5.75 Å². The number of sulfonamides is 1. The number of hydrogen-bond donors (Lipinski definition) is 2. The predicted molar refractivity (Wildman–Crippen MR) is 106 cm³/mol. The van der Waals surface area contributed by atoms with Gasteiger partial charge in [0.1, 0.15) is 5.75 Å². The topological polar surface area (TPSA) is 84.5 Å². The summed E-state index contributed by atoms with van der Waals surface area (Å²) in [7, 11) is -3.93. The van der Waals surface area contributed by atoms with Crippen LogP contribution in [-0.2, 0) is 21.4 Å². The van der Waals surface area contributed by atoms with Crippen LogP contribution in [0.4, 0.5) is 0 Å². The number of nitrogens with one attached hydrogen (secondary N) is 2. The first-order valence-electron chi connectivity index (χ1n) is 8.20. The summed E-state index contributed by atoms with van der Waals surface area (Å²) in [5.41, 5.74) is 0.737. The zero-order valence-electron chi connectivity index (χ0n) is 14.8. The van der Waals surface area contributed by atoms with Crippen LogP contribution in [0.25, 0.3) is 0 Å². The van der Waals surface area contributed by atoms with Gasteiger partial charge in [0.15, 0.2) is 0 Å². The van der Waals surface area contributed by atoms with Crippen LogP contribution in [0.1, 0.15) is 19.4 Å². The molecule has 0 aliphatic heterocycles. The van der Waals surface area contributed by atoms with Gasteiger partial charge in [-0.2, -0.15) is 4.72 Å². The highest BCUT2D eigenvalue weighted by atomic mass is 35.5. The van der Waals surface area contributed by atoms with Crippen molar-refractivity contribution < 1.29 is 17.9 Å². The van der Waals surface area contributed by atoms with E-state index < -0.39 is 22.0 Å². The highest BCUT2D eigenvalue weighted by molar-refractivity contribution is 7.89. The number of halogens is 2. The highest BCUT2D eigenvalue weighted by Crippen LogP contribution is 2.27. The van der Waals surface area contributed by atoms with Gasteiger partial charge >= 0.3 is 0 Å². The fraction of sp³-hybridized carbons (Fsp3) is 0.278. The summed E-state index contributed by atoms with van der Waals surface area (Å²) in [6.45, 7) is 3.85. The maximum atomic E-state index is 12.5. The minimum absolute atomic E-state index is 0.0540. The van der Waals surface area contributed by atoms with Crippen molar-refractivity contribution in [2.45, 2.75) is 31.3 Å². The molecule has 0 spiro atoms. The van der Waals surface area contributed by atoms with Gasteiger partial charge in [0.25, 0.3) is 0 Å². The smallest absolute Gasteiger partial charge is 0.241 e. The minimum Gasteiger partial charge on any atom is -0.492 e. The van der Waals surface area contributed by atoms with E-state index in [1.54, 1.807) is 31.2 Å². The second-order valence-corrected chi connectivity index (χ2v) is 8.21. The number of rotatable bonds is 8. The van der Waals surface area contributed by atoms with Crippen molar-refractivity contribution in [1.29, 1.82) is 0 Å². The minimum atomic E-state index is -3.93. The molecular weight excluding hydrogens is 411 g/mol. The molecule has 0 fully saturated rings. The second kappa shape index (κ2) is 9.41. The number of benzene rings is 2. The molecule has 0 unspecified atom stereocenters. The molecule has 27 heavy (non-hydrogen) atoms. The molecule has 1 atom stereocenters. The first-order chi connectivity index (χ1) is 12.7. The standard InChI is InChI=1S/C18H20Cl2N2O4S/c1-3-26-17-9-8-14(10-16(17)20)27(24,25)22-12(2)18(23)21-11-13-6-4-5-7-15(13)19/h4-10,12,22H,3,11H2,1-2H3,(H,21,23)/t12-/m0/s1. The second-order valence-electron chi connectivity index (χ2n) is 5.68. The van der Waals surface area contributed by atoms with Crippen molar-refractivity contribution in [2.24, 2.45) is 0 Å². The maximum absolute atomic E-state index is 12.5. The van der Waals surface area contributed by atoms with Gasteiger partial charge in [0.05, 0.1) is 22.6 Å². The first kappa shape index (κ1) is 21.5. The van der Waals surface area contributed by atoms with Crippen molar-refractivity contribution in [3.63, 3.8) is 0 Å². The van der Waals surface area contributed by atoms with E-state index in [0.717, 1.165) is 5.56 Å². The van der Waals surface area contributed by atoms with Crippen LogP contribution in [0.3, 0.4) is 0 Å². The summed E-state index contributed by atoms with van der Waals surface area (Å²) in [6.07, 6.45) is 0. The van der Waals surface area contributed by atoms with E-state index >= 15 is 0 Å². The Balaban J connectivity index is 2.02. The largest absolute Gasteiger partial charge is 0.492 e. The third-order valence-electron chi connectivity index (χ3n) is 3.65. The molecule has 9 heteroatoms. The van der Waals surface area contributed by atoms with Gasteiger partial charge < -0.3 is 10.1 Å². The molecule has 1 amide bonds. The summed E-state index contributed by atoms with van der Waals surface area (Å²) in [4.78, 5) is 12.2. The van der Waals surface area contributed by atoms with Gasteiger partial charge in [-0.25, -0.2) is 8.42 Å². The predicted octanol–water partition coefficient (Wildman–Crippen LogP) is 3.38. The third kappa shape index (κ3) is 5.84. The van der Waals surface area contributed by atoms with Crippen LogP contribution < -0.4 is 14.8 Å². The average Bonchev–Trinajstić information content (AvgIpc) is 2.62. The maximum Gasteiger partial charge on any atom is 0.241 e. The van der Waals surface area contributed by atoms with Crippen molar-refractivity contribution in [2.75, 3.05) is 6.61 Å². The first-order valence-corrected chi connectivity index (χ1v) is 10.4. The van der Waals surface area contributed by atoms with E-state index in [1.807, 2.05) is 0 Å². The Hall–Kier alpha value is -1.80. The lowest BCUT2D eigenvalue weighted by molar-refractivity contribution is -0.122. The molecule has 0 saturated carbocycles. The van der Waals surface area contributed by atoms with E-state index in [1.165, 1.54) is 25.1 Å².